The highest BCUT2D eigenvalue weighted by molar-refractivity contribution is 5.74. The second kappa shape index (κ2) is 9.17. The molecule has 30 heavy (non-hydrogen) atoms. The second-order valence-corrected chi connectivity index (χ2v) is 8.27. The van der Waals surface area contributed by atoms with Crippen molar-refractivity contribution in [1.82, 2.24) is 20.4 Å². The molecule has 1 saturated heterocycles. The number of nitrogens with zero attached hydrogens (tertiary/aromatic N) is 4. The van der Waals surface area contributed by atoms with Gasteiger partial charge in [0.2, 0.25) is 0 Å². The van der Waals surface area contributed by atoms with Crippen LogP contribution in [0, 0.1) is 0 Å². The molecule has 0 bridgehead atoms. The minimum Gasteiger partial charge on any atom is -0.507 e. The van der Waals surface area contributed by atoms with E-state index in [-0.39, 0.29) is 5.75 Å². The van der Waals surface area contributed by atoms with E-state index < -0.39 is 11.7 Å². The number of amides is 1. The summed E-state index contributed by atoms with van der Waals surface area (Å²) < 4.78 is 5.25. The average molecular weight is 415 g/mol. The molecule has 0 saturated carbocycles. The largest absolute Gasteiger partial charge is 0.507 e. The maximum atomic E-state index is 11.7. The fraction of sp³-hybridized carbons (Fsp3) is 0.476. The smallest absolute Gasteiger partial charge is 0.407 e. The lowest BCUT2D eigenvalue weighted by Crippen LogP contribution is -2.49. The molecule has 3 rings (SSSR count). The first-order valence-corrected chi connectivity index (χ1v) is 10.1. The molecule has 0 unspecified atom stereocenters. The Balaban J connectivity index is 1.54. The summed E-state index contributed by atoms with van der Waals surface area (Å²) in [6.07, 6.45) is -0.395. The first-order valence-electron chi connectivity index (χ1n) is 10.1. The van der Waals surface area contributed by atoms with E-state index in [1.165, 1.54) is 0 Å². The van der Waals surface area contributed by atoms with E-state index in [2.05, 4.69) is 25.3 Å². The molecule has 0 aliphatic carbocycles. The van der Waals surface area contributed by atoms with Crippen molar-refractivity contribution in [2.75, 3.05) is 49.9 Å². The number of piperazine rings is 1. The molecule has 4 N–H and O–H groups in total. The Hall–Kier alpha value is -3.07. The van der Waals surface area contributed by atoms with Crippen molar-refractivity contribution in [3.63, 3.8) is 0 Å². The number of para-hydroxylation sites is 1. The van der Waals surface area contributed by atoms with Gasteiger partial charge in [-0.15, -0.1) is 10.2 Å². The Morgan fingerprint density at radius 1 is 1.20 bits per heavy atom. The average Bonchev–Trinajstić information content (AvgIpc) is 2.68. The van der Waals surface area contributed by atoms with Gasteiger partial charge in [-0.2, -0.15) is 0 Å². The van der Waals surface area contributed by atoms with Gasteiger partial charge >= 0.3 is 6.09 Å². The molecule has 1 aromatic heterocycles. The highest BCUT2D eigenvalue weighted by Crippen LogP contribution is 2.31. The predicted octanol–water partition coefficient (Wildman–Crippen LogP) is 2.08. The SMILES string of the molecule is CC(C)(C)OC(=O)NCCN1CCN(c2cc(-c3ccccc3O)nnc2N)CC1. The van der Waals surface area contributed by atoms with Gasteiger partial charge in [-0.1, -0.05) is 12.1 Å². The van der Waals surface area contributed by atoms with E-state index in [9.17, 15) is 9.90 Å². The van der Waals surface area contributed by atoms with Gasteiger partial charge in [0, 0.05) is 44.8 Å². The first kappa shape index (κ1) is 21.6. The molecule has 0 spiro atoms. The number of aromatic hydroxyl groups is 1. The zero-order valence-electron chi connectivity index (χ0n) is 17.8. The number of nitrogens with two attached hydrogens (primary N) is 1. The fourth-order valence-corrected chi connectivity index (χ4v) is 3.31. The second-order valence-electron chi connectivity index (χ2n) is 8.27. The summed E-state index contributed by atoms with van der Waals surface area (Å²) in [5.41, 5.74) is 7.61. The van der Waals surface area contributed by atoms with Crippen LogP contribution < -0.4 is 16.0 Å². The number of hydrogen-bond donors (Lipinski definition) is 3. The van der Waals surface area contributed by atoms with Crippen LogP contribution in [0.25, 0.3) is 11.3 Å². The van der Waals surface area contributed by atoms with Gasteiger partial charge in [0.25, 0.3) is 0 Å². The maximum Gasteiger partial charge on any atom is 0.407 e. The summed E-state index contributed by atoms with van der Waals surface area (Å²) in [6.45, 7) is 10.0. The van der Waals surface area contributed by atoms with E-state index in [1.807, 2.05) is 32.9 Å². The predicted molar refractivity (Wildman–Crippen MR) is 116 cm³/mol. The Kier molecular flexibility index (Phi) is 6.61. The molecule has 9 nitrogen and oxygen atoms in total. The van der Waals surface area contributed by atoms with E-state index in [1.54, 1.807) is 18.2 Å². The number of ether oxygens (including phenoxy) is 1. The topological polar surface area (TPSA) is 117 Å². The van der Waals surface area contributed by atoms with Crippen LogP contribution in [-0.4, -0.2) is 71.2 Å². The minimum absolute atomic E-state index is 0.157. The standard InChI is InChI=1S/C21H30N6O3/c1-21(2,3)30-20(29)23-8-9-26-10-12-27(13-11-26)17-14-16(24-25-19(17)22)15-6-4-5-7-18(15)28/h4-7,14,28H,8-13H2,1-3H3,(H2,22,25)(H,23,29). The van der Waals surface area contributed by atoms with Crippen LogP contribution >= 0.6 is 0 Å². The van der Waals surface area contributed by atoms with Crippen LogP contribution in [-0.2, 0) is 4.74 Å². The number of carbonyl (C=O) groups excluding carboxylic acids is 1. The lowest BCUT2D eigenvalue weighted by molar-refractivity contribution is 0.0521. The van der Waals surface area contributed by atoms with Crippen molar-refractivity contribution in [2.45, 2.75) is 26.4 Å². The van der Waals surface area contributed by atoms with Gasteiger partial charge < -0.3 is 25.8 Å². The number of phenolic OH excluding ortho intramolecular Hbond substituents is 1. The molecular formula is C21H30N6O3. The van der Waals surface area contributed by atoms with Gasteiger partial charge in [-0.05, 0) is 39.0 Å². The molecular weight excluding hydrogens is 384 g/mol. The van der Waals surface area contributed by atoms with E-state index in [0.717, 1.165) is 38.4 Å². The Morgan fingerprint density at radius 2 is 1.90 bits per heavy atom. The molecule has 1 aromatic carbocycles. The summed E-state index contributed by atoms with van der Waals surface area (Å²) in [5.74, 6) is 0.527. The third kappa shape index (κ3) is 5.73. The van der Waals surface area contributed by atoms with Crippen molar-refractivity contribution in [1.29, 1.82) is 0 Å². The molecule has 1 fully saturated rings. The van der Waals surface area contributed by atoms with Crippen LogP contribution in [0.5, 0.6) is 5.75 Å². The summed E-state index contributed by atoms with van der Waals surface area (Å²) in [4.78, 5) is 16.2. The van der Waals surface area contributed by atoms with Crippen LogP contribution in [0.4, 0.5) is 16.3 Å². The van der Waals surface area contributed by atoms with Crippen LogP contribution in [0.1, 0.15) is 20.8 Å². The summed E-state index contributed by atoms with van der Waals surface area (Å²) in [6, 6.07) is 8.90. The third-order valence-electron chi connectivity index (χ3n) is 4.79. The van der Waals surface area contributed by atoms with Crippen LogP contribution in [0.15, 0.2) is 30.3 Å². The molecule has 2 heterocycles. The quantitative estimate of drug-likeness (QED) is 0.681. The normalized spacial score (nSPS) is 15.1. The Labute approximate surface area is 176 Å². The van der Waals surface area contributed by atoms with Gasteiger partial charge in [-0.25, -0.2) is 4.79 Å². The zero-order chi connectivity index (χ0) is 21.7. The highest BCUT2D eigenvalue weighted by Gasteiger charge is 2.21. The molecule has 0 atom stereocenters. The Morgan fingerprint density at radius 3 is 2.57 bits per heavy atom. The summed E-state index contributed by atoms with van der Waals surface area (Å²) >= 11 is 0. The van der Waals surface area contributed by atoms with E-state index in [4.69, 9.17) is 10.5 Å². The van der Waals surface area contributed by atoms with Crippen molar-refractivity contribution in [3.8, 4) is 17.0 Å². The van der Waals surface area contributed by atoms with E-state index in [0.29, 0.717) is 23.6 Å². The van der Waals surface area contributed by atoms with Crippen LogP contribution in [0.2, 0.25) is 0 Å². The number of rotatable bonds is 5. The van der Waals surface area contributed by atoms with Crippen molar-refractivity contribution >= 4 is 17.6 Å². The number of nitrogens with one attached hydrogen (secondary N) is 1. The molecule has 9 heteroatoms. The van der Waals surface area contributed by atoms with Crippen LogP contribution in [0.3, 0.4) is 0 Å². The molecule has 0 radical (unpaired) electrons. The van der Waals surface area contributed by atoms with Crippen molar-refractivity contribution in [2.24, 2.45) is 0 Å². The molecule has 1 aliphatic rings. The van der Waals surface area contributed by atoms with Gasteiger partial charge in [0.1, 0.15) is 11.4 Å². The number of aromatic nitrogens is 2. The minimum atomic E-state index is -0.496. The Bertz CT molecular complexity index is 875. The number of nitrogen functional groups attached to an aromatic ring is 1. The number of benzene rings is 1. The molecule has 162 valence electrons. The number of alkyl carbamates (subject to hydrolysis) is 1. The molecule has 1 aliphatic heterocycles. The van der Waals surface area contributed by atoms with Crippen molar-refractivity contribution in [3.05, 3.63) is 30.3 Å². The first-order chi connectivity index (χ1) is 14.2. The fourth-order valence-electron chi connectivity index (χ4n) is 3.31. The molecule has 2 aromatic rings. The molecule has 1 amide bonds. The maximum absolute atomic E-state index is 11.7. The lowest BCUT2D eigenvalue weighted by atomic mass is 10.1. The van der Waals surface area contributed by atoms with Gasteiger partial charge in [0.15, 0.2) is 5.82 Å². The van der Waals surface area contributed by atoms with Gasteiger partial charge in [0.05, 0.1) is 11.4 Å². The highest BCUT2D eigenvalue weighted by atomic mass is 16.6. The third-order valence-corrected chi connectivity index (χ3v) is 4.79. The lowest BCUT2D eigenvalue weighted by Gasteiger charge is -2.36. The summed E-state index contributed by atoms with van der Waals surface area (Å²) in [7, 11) is 0. The number of phenols is 1. The summed E-state index contributed by atoms with van der Waals surface area (Å²) in [5, 5.41) is 21.1. The number of hydrogen-bond acceptors (Lipinski definition) is 8. The van der Waals surface area contributed by atoms with E-state index >= 15 is 0 Å². The zero-order valence-corrected chi connectivity index (χ0v) is 17.8. The van der Waals surface area contributed by atoms with Crippen molar-refractivity contribution < 1.29 is 14.6 Å². The monoisotopic (exact) mass is 414 g/mol. The number of anilines is 2. The number of carbonyl (C=O) groups is 1. The van der Waals surface area contributed by atoms with Gasteiger partial charge in [-0.3, -0.25) is 4.90 Å².